The summed E-state index contributed by atoms with van der Waals surface area (Å²) in [6.45, 7) is 2.94. The second-order valence-corrected chi connectivity index (χ2v) is 8.79. The maximum Gasteiger partial charge on any atom is 0.223 e. The molecule has 29 heavy (non-hydrogen) atoms. The van der Waals surface area contributed by atoms with Gasteiger partial charge >= 0.3 is 0 Å². The smallest absolute Gasteiger partial charge is 0.223 e. The largest absolute Gasteiger partial charge is 0.361 e. The zero-order valence-electron chi connectivity index (χ0n) is 16.8. The van der Waals surface area contributed by atoms with Crippen molar-refractivity contribution in [1.29, 1.82) is 0 Å². The molecule has 5 nitrogen and oxygen atoms in total. The lowest BCUT2D eigenvalue weighted by Crippen LogP contribution is -2.32. The van der Waals surface area contributed by atoms with Crippen LogP contribution in [-0.4, -0.2) is 20.9 Å². The number of amides is 1. The highest BCUT2D eigenvalue weighted by Gasteiger charge is 2.25. The fraction of sp³-hybridized carbons (Fsp3) is 0.435. The molecule has 6 heteroatoms. The normalized spacial score (nSPS) is 14.8. The van der Waals surface area contributed by atoms with Crippen LogP contribution in [0, 0.1) is 12.8 Å². The molecule has 2 aromatic heterocycles. The summed E-state index contributed by atoms with van der Waals surface area (Å²) in [5.41, 5.74) is 2.80. The van der Waals surface area contributed by atoms with Crippen molar-refractivity contribution >= 4 is 17.2 Å². The van der Waals surface area contributed by atoms with Crippen LogP contribution in [0.25, 0.3) is 11.3 Å². The van der Waals surface area contributed by atoms with Gasteiger partial charge in [-0.05, 0) is 25.7 Å². The standard InChI is InChI=1S/C23H27N3O2S/c1-17-20(23(25-28-17)19-10-6-3-7-11-19)15-26(16-21-24-12-13-29-21)22(27)14-18-8-4-2-5-9-18/h3,6-7,10-13,18H,2,4-5,8-9,14-16H2,1H3. The summed E-state index contributed by atoms with van der Waals surface area (Å²) in [4.78, 5) is 19.6. The molecular formula is C23H27N3O2S. The zero-order chi connectivity index (χ0) is 20.1. The van der Waals surface area contributed by atoms with Crippen LogP contribution in [0.4, 0.5) is 0 Å². The van der Waals surface area contributed by atoms with Crippen LogP contribution in [0.3, 0.4) is 0 Å². The second-order valence-electron chi connectivity index (χ2n) is 7.82. The number of aromatic nitrogens is 2. The van der Waals surface area contributed by atoms with Crippen LogP contribution in [-0.2, 0) is 17.9 Å². The first kappa shape index (κ1) is 19.8. The van der Waals surface area contributed by atoms with Crippen LogP contribution in [0.15, 0.2) is 46.4 Å². The first-order valence-corrected chi connectivity index (χ1v) is 11.3. The maximum absolute atomic E-state index is 13.3. The maximum atomic E-state index is 13.3. The van der Waals surface area contributed by atoms with Gasteiger partial charge in [-0.1, -0.05) is 54.8 Å². The van der Waals surface area contributed by atoms with E-state index in [9.17, 15) is 4.79 Å². The number of nitrogens with zero attached hydrogens (tertiary/aromatic N) is 3. The molecule has 0 N–H and O–H groups in total. The number of thiazole rings is 1. The lowest BCUT2D eigenvalue weighted by atomic mass is 9.86. The summed E-state index contributed by atoms with van der Waals surface area (Å²) in [6, 6.07) is 10.0. The van der Waals surface area contributed by atoms with Crippen LogP contribution < -0.4 is 0 Å². The molecule has 3 aromatic rings. The molecule has 1 aliphatic carbocycles. The molecule has 1 saturated carbocycles. The summed E-state index contributed by atoms with van der Waals surface area (Å²) in [7, 11) is 0. The van der Waals surface area contributed by atoms with Gasteiger partial charge in [0.1, 0.15) is 16.5 Å². The Bertz CT molecular complexity index is 915. The molecular weight excluding hydrogens is 382 g/mol. The van der Waals surface area contributed by atoms with E-state index >= 15 is 0 Å². The number of aryl methyl sites for hydroxylation is 1. The van der Waals surface area contributed by atoms with Crippen molar-refractivity contribution in [1.82, 2.24) is 15.0 Å². The lowest BCUT2D eigenvalue weighted by Gasteiger charge is -2.26. The Labute approximate surface area is 175 Å². The summed E-state index contributed by atoms with van der Waals surface area (Å²) in [5, 5.41) is 7.20. The molecule has 0 aliphatic heterocycles. The highest BCUT2D eigenvalue weighted by Crippen LogP contribution is 2.30. The number of carbonyl (C=O) groups is 1. The van der Waals surface area contributed by atoms with Gasteiger partial charge in [0.05, 0.1) is 13.1 Å². The first-order chi connectivity index (χ1) is 14.2. The molecule has 0 saturated heterocycles. The Morgan fingerprint density at radius 1 is 1.17 bits per heavy atom. The van der Waals surface area contributed by atoms with Gasteiger partial charge in [-0.2, -0.15) is 0 Å². The minimum atomic E-state index is 0.201. The third kappa shape index (κ3) is 4.93. The fourth-order valence-electron chi connectivity index (χ4n) is 4.08. The van der Waals surface area contributed by atoms with E-state index in [0.29, 0.717) is 25.4 Å². The molecule has 1 aromatic carbocycles. The second kappa shape index (κ2) is 9.35. The zero-order valence-corrected chi connectivity index (χ0v) is 17.7. The van der Waals surface area contributed by atoms with Crippen LogP contribution in [0.1, 0.15) is 54.9 Å². The lowest BCUT2D eigenvalue weighted by molar-refractivity contribution is -0.133. The highest BCUT2D eigenvalue weighted by atomic mass is 32.1. The molecule has 0 bridgehead atoms. The van der Waals surface area contributed by atoms with E-state index in [1.165, 1.54) is 32.1 Å². The minimum absolute atomic E-state index is 0.201. The fourth-order valence-corrected chi connectivity index (χ4v) is 4.72. The molecule has 0 radical (unpaired) electrons. The van der Waals surface area contributed by atoms with Crippen molar-refractivity contribution in [2.24, 2.45) is 5.92 Å². The first-order valence-electron chi connectivity index (χ1n) is 10.4. The van der Waals surface area contributed by atoms with Gasteiger partial charge in [-0.3, -0.25) is 4.79 Å². The number of rotatable bonds is 7. The van der Waals surface area contributed by atoms with Crippen molar-refractivity contribution in [2.75, 3.05) is 0 Å². The van der Waals surface area contributed by atoms with Crippen LogP contribution >= 0.6 is 11.3 Å². The number of hydrogen-bond donors (Lipinski definition) is 0. The monoisotopic (exact) mass is 409 g/mol. The quantitative estimate of drug-likeness (QED) is 0.509. The molecule has 1 aliphatic rings. The molecule has 1 fully saturated rings. The molecule has 152 valence electrons. The average molecular weight is 410 g/mol. The van der Waals surface area contributed by atoms with Crippen molar-refractivity contribution in [3.8, 4) is 11.3 Å². The van der Waals surface area contributed by atoms with E-state index in [1.807, 2.05) is 47.5 Å². The Morgan fingerprint density at radius 2 is 1.97 bits per heavy atom. The molecule has 1 amide bonds. The molecule has 4 rings (SSSR count). The third-order valence-electron chi connectivity index (χ3n) is 5.73. The van der Waals surface area contributed by atoms with Crippen molar-refractivity contribution in [3.05, 3.63) is 58.2 Å². The number of carbonyl (C=O) groups excluding carboxylic acids is 1. The summed E-state index contributed by atoms with van der Waals surface area (Å²) >= 11 is 1.59. The molecule has 0 atom stereocenters. The number of benzene rings is 1. The van der Waals surface area contributed by atoms with Crippen molar-refractivity contribution in [3.63, 3.8) is 0 Å². The Hall–Kier alpha value is -2.47. The van der Waals surface area contributed by atoms with E-state index in [0.717, 1.165) is 27.6 Å². The predicted octanol–water partition coefficient (Wildman–Crippen LogP) is 5.61. The highest BCUT2D eigenvalue weighted by molar-refractivity contribution is 7.09. The van der Waals surface area contributed by atoms with Crippen LogP contribution in [0.5, 0.6) is 0 Å². The van der Waals surface area contributed by atoms with Gasteiger partial charge in [-0.25, -0.2) is 4.98 Å². The van der Waals surface area contributed by atoms with Gasteiger partial charge in [0.2, 0.25) is 5.91 Å². The summed E-state index contributed by atoms with van der Waals surface area (Å²) in [6.07, 6.45) is 8.53. The van der Waals surface area contributed by atoms with Gasteiger partial charge in [0.25, 0.3) is 0 Å². The molecule has 0 unspecified atom stereocenters. The summed E-state index contributed by atoms with van der Waals surface area (Å²) < 4.78 is 5.51. The van der Waals surface area contributed by atoms with Crippen molar-refractivity contribution in [2.45, 2.75) is 58.5 Å². The molecule has 0 spiro atoms. The van der Waals surface area contributed by atoms with Gasteiger partial charge in [0.15, 0.2) is 0 Å². The van der Waals surface area contributed by atoms with Crippen LogP contribution in [0.2, 0.25) is 0 Å². The van der Waals surface area contributed by atoms with Gasteiger partial charge < -0.3 is 9.42 Å². The number of hydrogen-bond acceptors (Lipinski definition) is 5. The predicted molar refractivity (Wildman–Crippen MR) is 114 cm³/mol. The Kier molecular flexibility index (Phi) is 6.39. The van der Waals surface area contributed by atoms with E-state index < -0.39 is 0 Å². The molecule has 2 heterocycles. The topological polar surface area (TPSA) is 59.2 Å². The SMILES string of the molecule is Cc1onc(-c2ccccc2)c1CN(Cc1nccs1)C(=O)CC1CCCCC1. The van der Waals surface area contributed by atoms with Gasteiger partial charge in [-0.15, -0.1) is 11.3 Å². The Morgan fingerprint density at radius 3 is 2.69 bits per heavy atom. The van der Waals surface area contributed by atoms with E-state index in [4.69, 9.17) is 4.52 Å². The summed E-state index contributed by atoms with van der Waals surface area (Å²) in [5.74, 6) is 1.47. The van der Waals surface area contributed by atoms with Gasteiger partial charge in [0, 0.05) is 29.1 Å². The van der Waals surface area contributed by atoms with E-state index in [-0.39, 0.29) is 5.91 Å². The van der Waals surface area contributed by atoms with Crippen molar-refractivity contribution < 1.29 is 9.32 Å². The minimum Gasteiger partial charge on any atom is -0.361 e. The van der Waals surface area contributed by atoms with E-state index in [2.05, 4.69) is 10.1 Å². The average Bonchev–Trinajstić information content (AvgIpc) is 3.39. The van der Waals surface area contributed by atoms with E-state index in [1.54, 1.807) is 17.5 Å². The Balaban J connectivity index is 1.57. The third-order valence-corrected chi connectivity index (χ3v) is 6.50.